The molecule has 0 spiro atoms. The van der Waals surface area contributed by atoms with Gasteiger partial charge in [-0.05, 0) is 80.5 Å². The van der Waals surface area contributed by atoms with Crippen molar-refractivity contribution in [2.24, 2.45) is 0 Å². The van der Waals surface area contributed by atoms with Crippen molar-refractivity contribution in [1.82, 2.24) is 8.87 Å². The number of sulfonamides is 1. The van der Waals surface area contributed by atoms with Crippen molar-refractivity contribution in [3.63, 3.8) is 0 Å². The fourth-order valence-corrected chi connectivity index (χ4v) is 7.42. The van der Waals surface area contributed by atoms with Crippen molar-refractivity contribution in [2.45, 2.75) is 51.0 Å². The van der Waals surface area contributed by atoms with Crippen molar-refractivity contribution >= 4 is 20.9 Å². The van der Waals surface area contributed by atoms with E-state index < -0.39 is 10.0 Å². The number of aromatic nitrogens is 1. The molecule has 0 aliphatic carbocycles. The lowest BCUT2D eigenvalue weighted by atomic mass is 9.88. The maximum absolute atomic E-state index is 13.4. The van der Waals surface area contributed by atoms with Gasteiger partial charge in [-0.2, -0.15) is 4.31 Å². The van der Waals surface area contributed by atoms with E-state index >= 15 is 0 Å². The molecule has 188 valence electrons. The summed E-state index contributed by atoms with van der Waals surface area (Å²) in [5.41, 5.74) is 6.92. The second kappa shape index (κ2) is 9.75. The minimum absolute atomic E-state index is 0.326. The van der Waals surface area contributed by atoms with Gasteiger partial charge in [-0.3, -0.25) is 0 Å². The Bertz CT molecular complexity index is 1510. The van der Waals surface area contributed by atoms with E-state index in [4.69, 9.17) is 4.74 Å². The van der Waals surface area contributed by atoms with Crippen LogP contribution >= 0.6 is 0 Å². The van der Waals surface area contributed by atoms with E-state index in [-0.39, 0.29) is 0 Å². The topological polar surface area (TPSA) is 51.5 Å². The molecule has 0 radical (unpaired) electrons. The zero-order valence-electron chi connectivity index (χ0n) is 21.5. The van der Waals surface area contributed by atoms with Gasteiger partial charge in [-0.1, -0.05) is 48.0 Å². The lowest BCUT2D eigenvalue weighted by Gasteiger charge is -2.32. The molecule has 1 saturated heterocycles. The van der Waals surface area contributed by atoms with Crippen LogP contribution in [-0.2, 0) is 16.6 Å². The standard InChI is InChI=1S/C30H34N2O3S/c1-21-12-13-29(22(2)18-21)36(33,34)31-16-14-25(15-17-31)30-23(3)32(28-11-6-5-10-27(28)30)20-24-8-7-9-26(19-24)35-4/h5-13,18-19,25H,14-17,20H2,1-4H3. The van der Waals surface area contributed by atoms with Crippen molar-refractivity contribution in [2.75, 3.05) is 20.2 Å². The van der Waals surface area contributed by atoms with E-state index in [1.807, 2.05) is 38.1 Å². The van der Waals surface area contributed by atoms with E-state index in [2.05, 4.69) is 47.9 Å². The van der Waals surface area contributed by atoms with Crippen LogP contribution in [0, 0.1) is 20.8 Å². The molecule has 2 heterocycles. The Labute approximate surface area is 214 Å². The highest BCUT2D eigenvalue weighted by atomic mass is 32.2. The molecule has 1 aromatic heterocycles. The van der Waals surface area contributed by atoms with Crippen LogP contribution in [0.4, 0.5) is 0 Å². The summed E-state index contributed by atoms with van der Waals surface area (Å²) < 4.78 is 36.3. The summed E-state index contributed by atoms with van der Waals surface area (Å²) in [6.07, 6.45) is 1.64. The number of benzene rings is 3. The number of fused-ring (bicyclic) bond motifs is 1. The number of para-hydroxylation sites is 1. The third-order valence-electron chi connectivity index (χ3n) is 7.56. The predicted molar refractivity (Wildman–Crippen MR) is 145 cm³/mol. The van der Waals surface area contributed by atoms with Crippen molar-refractivity contribution in [3.05, 3.63) is 94.7 Å². The fraction of sp³-hybridized carbons (Fsp3) is 0.333. The quantitative estimate of drug-likeness (QED) is 0.316. The van der Waals surface area contributed by atoms with Crippen LogP contribution in [0.25, 0.3) is 10.9 Å². The number of hydrogen-bond acceptors (Lipinski definition) is 3. The molecule has 5 rings (SSSR count). The monoisotopic (exact) mass is 502 g/mol. The Balaban J connectivity index is 1.42. The number of aryl methyl sites for hydroxylation is 2. The van der Waals surface area contributed by atoms with Gasteiger partial charge in [0.05, 0.1) is 12.0 Å². The van der Waals surface area contributed by atoms with Crippen LogP contribution in [-0.4, -0.2) is 37.5 Å². The van der Waals surface area contributed by atoms with Gasteiger partial charge < -0.3 is 9.30 Å². The first-order chi connectivity index (χ1) is 17.3. The Morgan fingerprint density at radius 2 is 1.67 bits per heavy atom. The van der Waals surface area contributed by atoms with Gasteiger partial charge in [-0.25, -0.2) is 8.42 Å². The van der Waals surface area contributed by atoms with Gasteiger partial charge in [-0.15, -0.1) is 0 Å². The molecular weight excluding hydrogens is 468 g/mol. The number of nitrogens with zero attached hydrogens (tertiary/aromatic N) is 2. The van der Waals surface area contributed by atoms with E-state index in [0.717, 1.165) is 36.3 Å². The third kappa shape index (κ3) is 4.44. The highest BCUT2D eigenvalue weighted by Crippen LogP contribution is 2.39. The Kier molecular flexibility index (Phi) is 6.66. The zero-order chi connectivity index (χ0) is 25.4. The van der Waals surface area contributed by atoms with E-state index in [0.29, 0.717) is 23.9 Å². The number of ether oxygens (including phenoxy) is 1. The summed E-state index contributed by atoms with van der Waals surface area (Å²) in [6.45, 7) is 7.91. The molecule has 36 heavy (non-hydrogen) atoms. The van der Waals surface area contributed by atoms with Crippen molar-refractivity contribution in [1.29, 1.82) is 0 Å². The van der Waals surface area contributed by atoms with Gasteiger partial charge in [0.2, 0.25) is 10.0 Å². The van der Waals surface area contributed by atoms with Gasteiger partial charge in [0.1, 0.15) is 5.75 Å². The molecule has 5 nitrogen and oxygen atoms in total. The molecule has 0 atom stereocenters. The SMILES string of the molecule is COc1cccc(Cn2c(C)c(C3CCN(S(=O)(=O)c4ccc(C)cc4C)CC3)c3ccccc32)c1. The minimum Gasteiger partial charge on any atom is -0.497 e. The fourth-order valence-electron chi connectivity index (χ4n) is 5.74. The summed E-state index contributed by atoms with van der Waals surface area (Å²) in [4.78, 5) is 0.428. The Hall–Kier alpha value is -3.09. The first-order valence-corrected chi connectivity index (χ1v) is 14.0. The van der Waals surface area contributed by atoms with Crippen LogP contribution in [0.2, 0.25) is 0 Å². The molecule has 4 aromatic rings. The van der Waals surface area contributed by atoms with Gasteiger partial charge in [0.25, 0.3) is 0 Å². The van der Waals surface area contributed by atoms with E-state index in [1.165, 1.54) is 27.7 Å². The average molecular weight is 503 g/mol. The molecule has 3 aromatic carbocycles. The highest BCUT2D eigenvalue weighted by Gasteiger charge is 2.32. The lowest BCUT2D eigenvalue weighted by Crippen LogP contribution is -2.38. The number of methoxy groups -OCH3 is 1. The first-order valence-electron chi connectivity index (χ1n) is 12.6. The molecule has 1 aliphatic heterocycles. The Morgan fingerprint density at radius 1 is 0.917 bits per heavy atom. The molecule has 6 heteroatoms. The minimum atomic E-state index is -3.49. The maximum Gasteiger partial charge on any atom is 0.243 e. The molecule has 0 amide bonds. The largest absolute Gasteiger partial charge is 0.497 e. The van der Waals surface area contributed by atoms with Gasteiger partial charge >= 0.3 is 0 Å². The molecule has 1 fully saturated rings. The van der Waals surface area contributed by atoms with Crippen LogP contribution in [0.5, 0.6) is 5.75 Å². The molecule has 0 unspecified atom stereocenters. The molecule has 0 N–H and O–H groups in total. The zero-order valence-corrected chi connectivity index (χ0v) is 22.3. The van der Waals surface area contributed by atoms with Gasteiger partial charge in [0, 0.05) is 36.2 Å². The third-order valence-corrected chi connectivity index (χ3v) is 9.62. The molecule has 1 aliphatic rings. The van der Waals surface area contributed by atoms with Crippen molar-refractivity contribution < 1.29 is 13.2 Å². The molecule has 0 saturated carbocycles. The Morgan fingerprint density at radius 3 is 2.39 bits per heavy atom. The lowest BCUT2D eigenvalue weighted by molar-refractivity contribution is 0.319. The van der Waals surface area contributed by atoms with Gasteiger partial charge in [0.15, 0.2) is 0 Å². The predicted octanol–water partition coefficient (Wildman–Crippen LogP) is 6.19. The van der Waals surface area contributed by atoms with Crippen LogP contribution in [0.1, 0.15) is 46.7 Å². The maximum atomic E-state index is 13.4. The summed E-state index contributed by atoms with van der Waals surface area (Å²) in [5, 5.41) is 1.27. The second-order valence-electron chi connectivity index (χ2n) is 9.90. The van der Waals surface area contributed by atoms with Crippen LogP contribution in [0.15, 0.2) is 71.6 Å². The summed E-state index contributed by atoms with van der Waals surface area (Å²) >= 11 is 0. The normalized spacial score (nSPS) is 15.4. The average Bonchev–Trinajstić information content (AvgIpc) is 3.15. The number of piperidine rings is 1. The molecule has 0 bridgehead atoms. The first kappa shape index (κ1) is 24.6. The summed E-state index contributed by atoms with van der Waals surface area (Å²) in [5.74, 6) is 1.19. The van der Waals surface area contributed by atoms with Crippen molar-refractivity contribution in [3.8, 4) is 5.75 Å². The smallest absolute Gasteiger partial charge is 0.243 e. The number of hydrogen-bond donors (Lipinski definition) is 0. The van der Waals surface area contributed by atoms with Crippen LogP contribution in [0.3, 0.4) is 0 Å². The second-order valence-corrected chi connectivity index (χ2v) is 11.8. The highest BCUT2D eigenvalue weighted by molar-refractivity contribution is 7.89. The number of rotatable bonds is 6. The van der Waals surface area contributed by atoms with E-state index in [1.54, 1.807) is 17.5 Å². The summed E-state index contributed by atoms with van der Waals surface area (Å²) in [7, 11) is -1.80. The van der Waals surface area contributed by atoms with E-state index in [9.17, 15) is 8.42 Å². The molecular formula is C30H34N2O3S. The summed E-state index contributed by atoms with van der Waals surface area (Å²) in [6, 6.07) is 22.4. The van der Waals surface area contributed by atoms with Crippen LogP contribution < -0.4 is 4.74 Å².